The SMILES string of the molecule is O=C(N1CCC(C2CCOC2)C1)C1(c2ccc(F)cc2)CCCCC1. The summed E-state index contributed by atoms with van der Waals surface area (Å²) in [5.41, 5.74) is 0.568. The topological polar surface area (TPSA) is 29.5 Å². The zero-order valence-electron chi connectivity index (χ0n) is 14.9. The van der Waals surface area contributed by atoms with Crippen LogP contribution in [-0.4, -0.2) is 37.1 Å². The van der Waals surface area contributed by atoms with E-state index in [1.807, 2.05) is 12.1 Å². The van der Waals surface area contributed by atoms with Gasteiger partial charge in [-0.3, -0.25) is 4.79 Å². The lowest BCUT2D eigenvalue weighted by molar-refractivity contribution is -0.138. The van der Waals surface area contributed by atoms with Crippen molar-refractivity contribution in [2.75, 3.05) is 26.3 Å². The number of amides is 1. The Balaban J connectivity index is 1.55. The molecule has 3 nitrogen and oxygen atoms in total. The summed E-state index contributed by atoms with van der Waals surface area (Å²) < 4.78 is 18.9. The molecule has 2 aliphatic heterocycles. The van der Waals surface area contributed by atoms with E-state index < -0.39 is 5.41 Å². The molecule has 25 heavy (non-hydrogen) atoms. The summed E-state index contributed by atoms with van der Waals surface area (Å²) in [6.45, 7) is 3.46. The van der Waals surface area contributed by atoms with Crippen LogP contribution in [0, 0.1) is 17.7 Å². The third-order valence-corrected chi connectivity index (χ3v) is 6.66. The molecule has 1 amide bonds. The fourth-order valence-electron chi connectivity index (χ4n) is 5.13. The highest BCUT2D eigenvalue weighted by Crippen LogP contribution is 2.42. The smallest absolute Gasteiger partial charge is 0.233 e. The van der Waals surface area contributed by atoms with Crippen LogP contribution >= 0.6 is 0 Å². The lowest BCUT2D eigenvalue weighted by atomic mass is 9.68. The van der Waals surface area contributed by atoms with Crippen LogP contribution in [0.3, 0.4) is 0 Å². The predicted molar refractivity (Wildman–Crippen MR) is 94.8 cm³/mol. The van der Waals surface area contributed by atoms with E-state index >= 15 is 0 Å². The Labute approximate surface area is 149 Å². The minimum atomic E-state index is -0.437. The Hall–Kier alpha value is -1.42. The molecule has 2 saturated heterocycles. The van der Waals surface area contributed by atoms with Gasteiger partial charge < -0.3 is 9.64 Å². The molecule has 3 fully saturated rings. The Morgan fingerprint density at radius 2 is 1.84 bits per heavy atom. The number of rotatable bonds is 3. The Bertz CT molecular complexity index is 603. The molecule has 0 N–H and O–H groups in total. The van der Waals surface area contributed by atoms with E-state index in [4.69, 9.17) is 4.74 Å². The third-order valence-electron chi connectivity index (χ3n) is 6.66. The van der Waals surface area contributed by atoms with Gasteiger partial charge in [-0.1, -0.05) is 31.4 Å². The number of carbonyl (C=O) groups is 1. The van der Waals surface area contributed by atoms with E-state index in [0.29, 0.717) is 11.8 Å². The molecule has 1 aromatic rings. The molecule has 4 heteroatoms. The van der Waals surface area contributed by atoms with Gasteiger partial charge in [0.15, 0.2) is 0 Å². The van der Waals surface area contributed by atoms with Gasteiger partial charge in [-0.2, -0.15) is 0 Å². The van der Waals surface area contributed by atoms with E-state index in [9.17, 15) is 9.18 Å². The number of nitrogens with zero attached hydrogens (tertiary/aromatic N) is 1. The fourth-order valence-corrected chi connectivity index (χ4v) is 5.13. The van der Waals surface area contributed by atoms with Gasteiger partial charge in [0.1, 0.15) is 5.82 Å². The molecule has 0 spiro atoms. The summed E-state index contributed by atoms with van der Waals surface area (Å²) >= 11 is 0. The molecular weight excluding hydrogens is 317 g/mol. The van der Waals surface area contributed by atoms with Gasteiger partial charge in [-0.05, 0) is 55.2 Å². The van der Waals surface area contributed by atoms with E-state index in [-0.39, 0.29) is 11.7 Å². The number of likely N-dealkylation sites (tertiary alicyclic amines) is 1. The maximum atomic E-state index is 13.6. The van der Waals surface area contributed by atoms with Crippen LogP contribution in [0.2, 0.25) is 0 Å². The number of hydrogen-bond acceptors (Lipinski definition) is 2. The fraction of sp³-hybridized carbons (Fsp3) is 0.667. The van der Waals surface area contributed by atoms with Crippen molar-refractivity contribution in [1.29, 1.82) is 0 Å². The first-order valence-corrected chi connectivity index (χ1v) is 9.82. The molecular formula is C21H28FNO2. The van der Waals surface area contributed by atoms with E-state index in [1.165, 1.54) is 18.6 Å². The number of benzene rings is 1. The molecule has 1 saturated carbocycles. The van der Waals surface area contributed by atoms with Crippen molar-refractivity contribution in [3.8, 4) is 0 Å². The van der Waals surface area contributed by atoms with Gasteiger partial charge in [0, 0.05) is 26.3 Å². The maximum Gasteiger partial charge on any atom is 0.233 e. The van der Waals surface area contributed by atoms with Crippen molar-refractivity contribution in [1.82, 2.24) is 4.90 Å². The van der Waals surface area contributed by atoms with Gasteiger partial charge in [-0.25, -0.2) is 4.39 Å². The highest BCUT2D eigenvalue weighted by Gasteiger charge is 2.45. The van der Waals surface area contributed by atoms with Crippen molar-refractivity contribution in [3.63, 3.8) is 0 Å². The van der Waals surface area contributed by atoms with Crippen LogP contribution in [0.5, 0.6) is 0 Å². The first kappa shape index (κ1) is 17.0. The highest BCUT2D eigenvalue weighted by atomic mass is 19.1. The minimum Gasteiger partial charge on any atom is -0.381 e. The monoisotopic (exact) mass is 345 g/mol. The molecule has 3 aliphatic rings. The van der Waals surface area contributed by atoms with Gasteiger partial charge in [0.05, 0.1) is 5.41 Å². The van der Waals surface area contributed by atoms with Crippen LogP contribution < -0.4 is 0 Å². The second-order valence-electron chi connectivity index (χ2n) is 8.07. The van der Waals surface area contributed by atoms with Crippen molar-refractivity contribution in [3.05, 3.63) is 35.6 Å². The Kier molecular flexibility index (Phi) is 4.81. The lowest BCUT2D eigenvalue weighted by Crippen LogP contribution is -2.47. The van der Waals surface area contributed by atoms with Crippen molar-refractivity contribution < 1.29 is 13.9 Å². The summed E-state index contributed by atoms with van der Waals surface area (Å²) in [6.07, 6.45) is 7.37. The zero-order chi connectivity index (χ0) is 17.3. The van der Waals surface area contributed by atoms with Crippen molar-refractivity contribution in [2.24, 2.45) is 11.8 Å². The zero-order valence-corrected chi connectivity index (χ0v) is 14.9. The first-order valence-electron chi connectivity index (χ1n) is 9.82. The highest BCUT2D eigenvalue weighted by molar-refractivity contribution is 5.88. The lowest BCUT2D eigenvalue weighted by Gasteiger charge is -2.39. The van der Waals surface area contributed by atoms with E-state index in [0.717, 1.165) is 70.4 Å². The predicted octanol–water partition coefficient (Wildman–Crippen LogP) is 3.91. The largest absolute Gasteiger partial charge is 0.381 e. The summed E-state index contributed by atoms with van der Waals surface area (Å²) in [6, 6.07) is 6.66. The normalized spacial score (nSPS) is 29.1. The van der Waals surface area contributed by atoms with Crippen LogP contribution in [0.15, 0.2) is 24.3 Å². The quantitative estimate of drug-likeness (QED) is 0.831. The molecule has 136 valence electrons. The first-order chi connectivity index (χ1) is 12.2. The van der Waals surface area contributed by atoms with Crippen LogP contribution in [-0.2, 0) is 14.9 Å². The average molecular weight is 345 g/mol. The molecule has 4 rings (SSSR count). The standard InChI is InChI=1S/C21H28FNO2/c22-19-6-4-18(5-7-19)21(10-2-1-3-11-21)20(24)23-12-8-16(14-23)17-9-13-25-15-17/h4-7,16-17H,1-3,8-15H2. The second kappa shape index (κ2) is 7.06. The third kappa shape index (κ3) is 3.21. The molecule has 1 aromatic carbocycles. The molecule has 2 atom stereocenters. The van der Waals surface area contributed by atoms with Crippen molar-refractivity contribution in [2.45, 2.75) is 50.4 Å². The number of hydrogen-bond donors (Lipinski definition) is 0. The Morgan fingerprint density at radius 1 is 1.08 bits per heavy atom. The second-order valence-corrected chi connectivity index (χ2v) is 8.07. The van der Waals surface area contributed by atoms with Crippen LogP contribution in [0.25, 0.3) is 0 Å². The average Bonchev–Trinajstić information content (AvgIpc) is 3.33. The molecule has 2 unspecified atom stereocenters. The molecule has 0 bridgehead atoms. The number of carbonyl (C=O) groups excluding carboxylic acids is 1. The molecule has 0 aromatic heterocycles. The van der Waals surface area contributed by atoms with E-state index in [2.05, 4.69) is 4.90 Å². The molecule has 2 heterocycles. The Morgan fingerprint density at radius 3 is 2.52 bits per heavy atom. The van der Waals surface area contributed by atoms with Gasteiger partial charge >= 0.3 is 0 Å². The van der Waals surface area contributed by atoms with Gasteiger partial charge in [-0.15, -0.1) is 0 Å². The summed E-state index contributed by atoms with van der Waals surface area (Å²) in [5.74, 6) is 1.25. The molecule has 1 aliphatic carbocycles. The number of halogens is 1. The van der Waals surface area contributed by atoms with E-state index in [1.54, 1.807) is 0 Å². The van der Waals surface area contributed by atoms with Crippen LogP contribution in [0.1, 0.15) is 50.5 Å². The van der Waals surface area contributed by atoms with Crippen LogP contribution in [0.4, 0.5) is 4.39 Å². The summed E-state index contributed by atoms with van der Waals surface area (Å²) in [4.78, 5) is 15.7. The van der Waals surface area contributed by atoms with Crippen molar-refractivity contribution >= 4 is 5.91 Å². The van der Waals surface area contributed by atoms with Gasteiger partial charge in [0.25, 0.3) is 0 Å². The molecule has 0 radical (unpaired) electrons. The minimum absolute atomic E-state index is 0.232. The number of ether oxygens (including phenoxy) is 1. The summed E-state index contributed by atoms with van der Waals surface area (Å²) in [5, 5.41) is 0. The van der Waals surface area contributed by atoms with Gasteiger partial charge in [0.2, 0.25) is 5.91 Å². The summed E-state index contributed by atoms with van der Waals surface area (Å²) in [7, 11) is 0. The maximum absolute atomic E-state index is 13.6.